The number of nitrogens with one attached hydrogen (secondary N) is 1. The minimum absolute atomic E-state index is 0.218. The number of nitrogens with zero attached hydrogens (tertiary/aromatic N) is 2. The molecule has 0 aliphatic carbocycles. The quantitative estimate of drug-likeness (QED) is 0.527. The van der Waals surface area contributed by atoms with E-state index in [-0.39, 0.29) is 5.96 Å². The van der Waals surface area contributed by atoms with Gasteiger partial charge in [-0.15, -0.1) is 11.3 Å². The van der Waals surface area contributed by atoms with E-state index in [0.29, 0.717) is 40.3 Å². The Morgan fingerprint density at radius 2 is 2.04 bits per heavy atom. The summed E-state index contributed by atoms with van der Waals surface area (Å²) in [4.78, 5) is 5.11. The zero-order chi connectivity index (χ0) is 20.1. The van der Waals surface area contributed by atoms with Crippen LogP contribution in [0.15, 0.2) is 39.5 Å². The van der Waals surface area contributed by atoms with E-state index in [2.05, 4.69) is 10.3 Å². The van der Waals surface area contributed by atoms with Crippen LogP contribution < -0.4 is 15.8 Å². The highest BCUT2D eigenvalue weighted by molar-refractivity contribution is 7.91. The Balaban J connectivity index is 1.63. The maximum Gasteiger partial charge on any atom is 0.252 e. The van der Waals surface area contributed by atoms with E-state index >= 15 is 0 Å². The Bertz CT molecular complexity index is 953. The van der Waals surface area contributed by atoms with Gasteiger partial charge in [-0.05, 0) is 43.2 Å². The molecule has 0 bridgehead atoms. The predicted octanol–water partition coefficient (Wildman–Crippen LogP) is 3.51. The lowest BCUT2D eigenvalue weighted by atomic mass is 10.2. The first-order valence-corrected chi connectivity index (χ1v) is 11.5. The zero-order valence-corrected chi connectivity index (χ0v) is 17.9. The van der Waals surface area contributed by atoms with Crippen LogP contribution in [0.4, 0.5) is 5.69 Å². The molecule has 3 N–H and O–H groups in total. The number of thiophene rings is 1. The molecule has 0 amide bonds. The Kier molecular flexibility index (Phi) is 6.82. The number of guanidine groups is 1. The van der Waals surface area contributed by atoms with E-state index < -0.39 is 10.0 Å². The van der Waals surface area contributed by atoms with Crippen LogP contribution in [0.3, 0.4) is 0 Å². The average molecular weight is 443 g/mol. The molecule has 152 valence electrons. The van der Waals surface area contributed by atoms with E-state index in [4.69, 9.17) is 22.1 Å². The topological polar surface area (TPSA) is 97.0 Å². The molecule has 1 aliphatic heterocycles. The largest absolute Gasteiger partial charge is 0.495 e. The number of benzene rings is 1. The molecule has 1 fully saturated rings. The first-order chi connectivity index (χ1) is 13.4. The third-order valence-corrected chi connectivity index (χ3v) is 8.11. The molecule has 2 aromatic rings. The first-order valence-electron chi connectivity index (χ1n) is 8.89. The molecule has 0 saturated carbocycles. The molecule has 1 aliphatic rings. The van der Waals surface area contributed by atoms with Gasteiger partial charge in [0.1, 0.15) is 9.96 Å². The molecular formula is C18H23ClN4O3S2. The number of hydrogen-bond acceptors (Lipinski definition) is 5. The second-order valence-electron chi connectivity index (χ2n) is 6.36. The molecule has 2 heterocycles. The van der Waals surface area contributed by atoms with Crippen LogP contribution >= 0.6 is 22.9 Å². The van der Waals surface area contributed by atoms with Crippen LogP contribution in [-0.4, -0.2) is 38.9 Å². The molecule has 0 spiro atoms. The van der Waals surface area contributed by atoms with Crippen molar-refractivity contribution in [2.24, 2.45) is 10.7 Å². The Hall–Kier alpha value is -1.81. The number of aliphatic imine (C=N–C) groups is 1. The van der Waals surface area contributed by atoms with Crippen LogP contribution in [0, 0.1) is 0 Å². The number of nitrogens with two attached hydrogens (primary N) is 1. The van der Waals surface area contributed by atoms with E-state index in [1.54, 1.807) is 41.7 Å². The Morgan fingerprint density at radius 3 is 2.71 bits per heavy atom. The minimum atomic E-state index is -3.41. The van der Waals surface area contributed by atoms with Crippen molar-refractivity contribution < 1.29 is 13.2 Å². The average Bonchev–Trinajstić information content (AvgIpc) is 3.17. The third-order valence-electron chi connectivity index (χ3n) is 4.38. The van der Waals surface area contributed by atoms with Gasteiger partial charge in [0.2, 0.25) is 0 Å². The molecule has 1 aromatic heterocycles. The summed E-state index contributed by atoms with van der Waals surface area (Å²) in [5, 5.41) is 3.42. The monoisotopic (exact) mass is 442 g/mol. The van der Waals surface area contributed by atoms with Crippen LogP contribution in [0.2, 0.25) is 5.02 Å². The van der Waals surface area contributed by atoms with Gasteiger partial charge in [0, 0.05) is 23.7 Å². The van der Waals surface area contributed by atoms with Gasteiger partial charge in [0.05, 0.1) is 18.7 Å². The summed E-state index contributed by atoms with van der Waals surface area (Å²) in [6.45, 7) is 1.48. The first kappa shape index (κ1) is 20.9. The van der Waals surface area contributed by atoms with Crippen LogP contribution in [0.25, 0.3) is 0 Å². The summed E-state index contributed by atoms with van der Waals surface area (Å²) in [6.07, 6.45) is 2.92. The van der Waals surface area contributed by atoms with Gasteiger partial charge in [-0.2, -0.15) is 4.31 Å². The van der Waals surface area contributed by atoms with E-state index in [0.717, 1.165) is 24.1 Å². The van der Waals surface area contributed by atoms with Crippen molar-refractivity contribution in [2.45, 2.75) is 30.0 Å². The lowest BCUT2D eigenvalue weighted by molar-refractivity contribution is 0.347. The van der Waals surface area contributed by atoms with Gasteiger partial charge in [0.15, 0.2) is 5.96 Å². The number of anilines is 1. The molecule has 28 heavy (non-hydrogen) atoms. The summed E-state index contributed by atoms with van der Waals surface area (Å²) in [7, 11) is -1.86. The summed E-state index contributed by atoms with van der Waals surface area (Å²) < 4.78 is 32.4. The highest BCUT2D eigenvalue weighted by Crippen LogP contribution is 2.28. The van der Waals surface area contributed by atoms with Crippen molar-refractivity contribution in [2.75, 3.05) is 25.5 Å². The van der Waals surface area contributed by atoms with Crippen LogP contribution in [-0.2, 0) is 16.6 Å². The lowest BCUT2D eigenvalue weighted by Crippen LogP contribution is -2.35. The molecule has 3 rings (SSSR count). The van der Waals surface area contributed by atoms with E-state index in [1.165, 1.54) is 11.3 Å². The van der Waals surface area contributed by atoms with Crippen molar-refractivity contribution in [3.63, 3.8) is 0 Å². The van der Waals surface area contributed by atoms with Crippen molar-refractivity contribution in [1.82, 2.24) is 4.31 Å². The Labute approximate surface area is 174 Å². The maximum absolute atomic E-state index is 12.7. The molecule has 0 unspecified atom stereocenters. The molecule has 0 atom stereocenters. The molecule has 10 heteroatoms. The fourth-order valence-electron chi connectivity index (χ4n) is 2.91. The number of halogens is 1. The number of ether oxygens (including phenoxy) is 1. The van der Waals surface area contributed by atoms with Crippen LogP contribution in [0.1, 0.15) is 24.1 Å². The number of rotatable bonds is 6. The van der Waals surface area contributed by atoms with E-state index in [9.17, 15) is 8.42 Å². The Morgan fingerprint density at radius 1 is 1.29 bits per heavy atom. The minimum Gasteiger partial charge on any atom is -0.495 e. The molecule has 7 nitrogen and oxygen atoms in total. The standard InChI is InChI=1S/C18H23ClN4O3S2/c1-26-16-7-5-13(11-15(16)19)22-18(20)21-12-14-6-8-17(27-14)28(24,25)23-9-3-2-4-10-23/h5-8,11H,2-4,9-10,12H2,1H3,(H3,20,21,22). The number of hydrogen-bond donors (Lipinski definition) is 2. The van der Waals surface area contributed by atoms with Gasteiger partial charge < -0.3 is 15.8 Å². The fourth-order valence-corrected chi connectivity index (χ4v) is 6.12. The van der Waals surface area contributed by atoms with Gasteiger partial charge in [-0.25, -0.2) is 13.4 Å². The number of piperidine rings is 1. The molecule has 1 aromatic carbocycles. The summed E-state index contributed by atoms with van der Waals surface area (Å²) in [5.41, 5.74) is 6.61. The van der Waals surface area contributed by atoms with Gasteiger partial charge >= 0.3 is 0 Å². The molecule has 0 radical (unpaired) electrons. The SMILES string of the molecule is COc1ccc(NC(N)=NCc2ccc(S(=O)(=O)N3CCCCC3)s2)cc1Cl. The second-order valence-corrected chi connectivity index (χ2v) is 10.1. The van der Waals surface area contributed by atoms with Crippen molar-refractivity contribution in [3.8, 4) is 5.75 Å². The van der Waals surface area contributed by atoms with Crippen molar-refractivity contribution in [1.29, 1.82) is 0 Å². The third kappa shape index (κ3) is 4.96. The maximum atomic E-state index is 12.7. The lowest BCUT2D eigenvalue weighted by Gasteiger charge is -2.25. The summed E-state index contributed by atoms with van der Waals surface area (Å²) in [6, 6.07) is 8.63. The summed E-state index contributed by atoms with van der Waals surface area (Å²) >= 11 is 7.32. The fraction of sp³-hybridized carbons (Fsp3) is 0.389. The molecule has 1 saturated heterocycles. The highest BCUT2D eigenvalue weighted by atomic mass is 35.5. The van der Waals surface area contributed by atoms with Gasteiger partial charge in [0.25, 0.3) is 10.0 Å². The van der Waals surface area contributed by atoms with Crippen LogP contribution in [0.5, 0.6) is 5.75 Å². The van der Waals surface area contributed by atoms with Crippen molar-refractivity contribution in [3.05, 3.63) is 40.2 Å². The predicted molar refractivity (Wildman–Crippen MR) is 114 cm³/mol. The molecular weight excluding hydrogens is 420 g/mol. The van der Waals surface area contributed by atoms with Gasteiger partial charge in [-0.3, -0.25) is 0 Å². The number of sulfonamides is 1. The number of methoxy groups -OCH3 is 1. The van der Waals surface area contributed by atoms with E-state index in [1.807, 2.05) is 0 Å². The second kappa shape index (κ2) is 9.13. The zero-order valence-electron chi connectivity index (χ0n) is 15.5. The smallest absolute Gasteiger partial charge is 0.252 e. The summed E-state index contributed by atoms with van der Waals surface area (Å²) in [5.74, 6) is 0.791. The van der Waals surface area contributed by atoms with Crippen molar-refractivity contribution >= 4 is 44.6 Å². The van der Waals surface area contributed by atoms with Gasteiger partial charge in [-0.1, -0.05) is 18.0 Å². The highest BCUT2D eigenvalue weighted by Gasteiger charge is 2.27. The normalized spacial score (nSPS) is 16.1.